The fourth-order valence-electron chi connectivity index (χ4n) is 5.68. The summed E-state index contributed by atoms with van der Waals surface area (Å²) in [5, 5.41) is 12.0. The number of hydrogen-bond acceptors (Lipinski definition) is 5. The quantitative estimate of drug-likeness (QED) is 0.405. The Bertz CT molecular complexity index is 898. The van der Waals surface area contributed by atoms with E-state index < -0.39 is 14.4 Å². The molecule has 0 aromatic heterocycles. The Morgan fingerprint density at radius 1 is 1.03 bits per heavy atom. The number of fused-ring (bicyclic) bond motifs is 3. The Kier molecular flexibility index (Phi) is 7.30. The van der Waals surface area contributed by atoms with E-state index >= 15 is 0 Å². The summed E-state index contributed by atoms with van der Waals surface area (Å²) in [4.78, 5) is 0. The first-order valence-electron chi connectivity index (χ1n) is 12.0. The molecule has 33 heavy (non-hydrogen) atoms. The molecule has 0 amide bonds. The minimum absolute atomic E-state index is 0.0588. The monoisotopic (exact) mass is 476 g/mol. The average molecular weight is 477 g/mol. The van der Waals surface area contributed by atoms with Crippen molar-refractivity contribution in [1.29, 1.82) is 0 Å². The molecule has 0 heterocycles. The van der Waals surface area contributed by atoms with Gasteiger partial charge in [-0.15, -0.1) is 0 Å². The van der Waals surface area contributed by atoms with Crippen molar-refractivity contribution in [3.63, 3.8) is 0 Å². The van der Waals surface area contributed by atoms with Crippen LogP contribution < -0.4 is 4.74 Å². The number of aliphatic hydroxyl groups excluding tert-OH is 1. The topological polar surface area (TPSA) is 57.2 Å². The molecule has 0 saturated heterocycles. The number of hydrogen-bond donors (Lipinski definition) is 1. The van der Waals surface area contributed by atoms with Crippen LogP contribution in [0.15, 0.2) is 29.3 Å². The molecule has 6 heteroatoms. The molecule has 5 nitrogen and oxygen atoms in total. The molecule has 3 rings (SSSR count). The van der Waals surface area contributed by atoms with Crippen molar-refractivity contribution >= 4 is 8.32 Å². The van der Waals surface area contributed by atoms with E-state index in [1.54, 1.807) is 21.3 Å². The summed E-state index contributed by atoms with van der Waals surface area (Å²) in [7, 11) is 3.07. The molecule has 0 aliphatic heterocycles. The van der Waals surface area contributed by atoms with Crippen LogP contribution in [0.25, 0.3) is 0 Å². The lowest BCUT2D eigenvalue weighted by molar-refractivity contribution is -0.0630. The van der Waals surface area contributed by atoms with E-state index in [2.05, 4.69) is 54.6 Å². The van der Waals surface area contributed by atoms with E-state index in [9.17, 15) is 5.11 Å². The Balaban J connectivity index is 2.28. The van der Waals surface area contributed by atoms with Gasteiger partial charge in [-0.2, -0.15) is 0 Å². The van der Waals surface area contributed by atoms with Crippen LogP contribution in [-0.4, -0.2) is 47.0 Å². The molecule has 0 saturated carbocycles. The molecule has 0 unspecified atom stereocenters. The van der Waals surface area contributed by atoms with Gasteiger partial charge in [0.1, 0.15) is 18.0 Å². The lowest BCUT2D eigenvalue weighted by Gasteiger charge is -2.53. The summed E-state index contributed by atoms with van der Waals surface area (Å²) < 4.78 is 25.0. The van der Waals surface area contributed by atoms with Gasteiger partial charge in [-0.25, -0.2) is 0 Å². The third-order valence-corrected chi connectivity index (χ3v) is 13.1. The van der Waals surface area contributed by atoms with Crippen molar-refractivity contribution in [2.45, 2.75) is 90.5 Å². The summed E-state index contributed by atoms with van der Waals surface area (Å²) >= 11 is 0. The fraction of sp³-hybridized carbons (Fsp3) is 0.704. The second-order valence-electron chi connectivity index (χ2n) is 11.7. The van der Waals surface area contributed by atoms with Gasteiger partial charge in [0, 0.05) is 25.7 Å². The molecule has 2 bridgehead atoms. The number of rotatable bonds is 5. The van der Waals surface area contributed by atoms with E-state index in [1.165, 1.54) is 11.1 Å². The summed E-state index contributed by atoms with van der Waals surface area (Å²) in [6.45, 7) is 18.0. The molecule has 5 atom stereocenters. The van der Waals surface area contributed by atoms with Crippen molar-refractivity contribution in [3.8, 4) is 5.75 Å². The summed E-state index contributed by atoms with van der Waals surface area (Å²) in [5.41, 5.74) is 3.81. The van der Waals surface area contributed by atoms with Gasteiger partial charge in [-0.3, -0.25) is 0 Å². The molecule has 1 aromatic carbocycles. The van der Waals surface area contributed by atoms with Crippen LogP contribution in [0.4, 0.5) is 0 Å². The van der Waals surface area contributed by atoms with Crippen LogP contribution in [0.2, 0.25) is 18.1 Å². The zero-order chi connectivity index (χ0) is 24.9. The van der Waals surface area contributed by atoms with Gasteiger partial charge in [0.2, 0.25) is 0 Å². The van der Waals surface area contributed by atoms with Gasteiger partial charge in [0.15, 0.2) is 8.32 Å². The van der Waals surface area contributed by atoms with Crippen molar-refractivity contribution < 1.29 is 23.7 Å². The first kappa shape index (κ1) is 26.4. The highest BCUT2D eigenvalue weighted by atomic mass is 28.4. The first-order chi connectivity index (χ1) is 15.2. The smallest absolute Gasteiger partial charge is 0.192 e. The Hall–Kier alpha value is -1.18. The number of methoxy groups -OCH3 is 3. The van der Waals surface area contributed by atoms with Crippen molar-refractivity contribution in [2.75, 3.05) is 21.3 Å². The largest absolute Gasteiger partial charge is 0.496 e. The van der Waals surface area contributed by atoms with Gasteiger partial charge in [0.25, 0.3) is 0 Å². The lowest BCUT2D eigenvalue weighted by Crippen LogP contribution is -2.51. The summed E-state index contributed by atoms with van der Waals surface area (Å²) in [6.07, 6.45) is -0.694. The van der Waals surface area contributed by atoms with Gasteiger partial charge < -0.3 is 23.7 Å². The summed E-state index contributed by atoms with van der Waals surface area (Å²) in [5.74, 6) is 0.626. The van der Waals surface area contributed by atoms with Crippen LogP contribution in [0.1, 0.15) is 71.3 Å². The highest BCUT2D eigenvalue weighted by Crippen LogP contribution is 2.58. The van der Waals surface area contributed by atoms with Gasteiger partial charge in [-0.05, 0) is 59.7 Å². The maximum absolute atomic E-state index is 11.9. The van der Waals surface area contributed by atoms with Crippen LogP contribution in [0.3, 0.4) is 0 Å². The van der Waals surface area contributed by atoms with Gasteiger partial charge in [-0.1, -0.05) is 46.8 Å². The van der Waals surface area contributed by atoms with Crippen LogP contribution in [0.5, 0.6) is 5.75 Å². The number of benzene rings is 1. The minimum Gasteiger partial charge on any atom is -0.496 e. The molecule has 2 aliphatic carbocycles. The third-order valence-electron chi connectivity index (χ3n) is 8.61. The molecule has 1 aromatic rings. The van der Waals surface area contributed by atoms with Crippen molar-refractivity contribution in [1.82, 2.24) is 0 Å². The first-order valence-corrected chi connectivity index (χ1v) is 14.9. The maximum atomic E-state index is 11.9. The normalized spacial score (nSPS) is 29.9. The van der Waals surface area contributed by atoms with Gasteiger partial charge >= 0.3 is 0 Å². The SMILES string of the molecule is COc1cccc2c1[C@@H](O)[C@@H]1C[C@H](O[Si](C)(C)C(C)(C)C)C(C)=C([C@@H](OC)[C@@H]2OC)C1(C)C. The van der Waals surface area contributed by atoms with E-state index in [-0.39, 0.29) is 34.7 Å². The summed E-state index contributed by atoms with van der Waals surface area (Å²) in [6, 6.07) is 5.89. The number of aliphatic hydroxyl groups is 1. The molecule has 186 valence electrons. The Labute approximate surface area is 201 Å². The van der Waals surface area contributed by atoms with E-state index in [0.717, 1.165) is 17.5 Å². The molecule has 1 N–H and O–H groups in total. The molecular weight excluding hydrogens is 432 g/mol. The average Bonchev–Trinajstić information content (AvgIpc) is 2.72. The Morgan fingerprint density at radius 3 is 2.15 bits per heavy atom. The zero-order valence-electron chi connectivity index (χ0n) is 22.4. The predicted molar refractivity (Wildman–Crippen MR) is 135 cm³/mol. The number of ether oxygens (including phenoxy) is 3. The second-order valence-corrected chi connectivity index (χ2v) is 16.5. The second kappa shape index (κ2) is 9.12. The standard InChI is InChI=1S/C27H44O5Si/c1-16-20(32-33(10,11)26(2,3)4)15-18-23(28)21-17(13-12-14-19(21)29-7)24(30-8)25(31-9)22(16)27(18,5)6/h12-14,18,20,23-25,28H,15H2,1-11H3/t18-,20-,23-,24+,25+/m0/s1. The molecule has 2 aliphatic rings. The van der Waals surface area contributed by atoms with Crippen LogP contribution >= 0.6 is 0 Å². The van der Waals surface area contributed by atoms with Crippen molar-refractivity contribution in [3.05, 3.63) is 40.5 Å². The van der Waals surface area contributed by atoms with Gasteiger partial charge in [0.05, 0.1) is 19.3 Å². The van der Waals surface area contributed by atoms with E-state index in [4.69, 9.17) is 18.6 Å². The highest BCUT2D eigenvalue weighted by molar-refractivity contribution is 6.74. The maximum Gasteiger partial charge on any atom is 0.192 e. The molecule has 0 spiro atoms. The van der Waals surface area contributed by atoms with Crippen LogP contribution in [0, 0.1) is 11.3 Å². The van der Waals surface area contributed by atoms with E-state index in [0.29, 0.717) is 5.75 Å². The van der Waals surface area contributed by atoms with Crippen molar-refractivity contribution in [2.24, 2.45) is 11.3 Å². The fourth-order valence-corrected chi connectivity index (χ4v) is 7.02. The molecule has 0 fully saturated rings. The molecular formula is C27H44O5Si. The lowest BCUT2D eigenvalue weighted by atomic mass is 9.58. The minimum atomic E-state index is -2.04. The Morgan fingerprint density at radius 2 is 1.64 bits per heavy atom. The highest BCUT2D eigenvalue weighted by Gasteiger charge is 2.53. The van der Waals surface area contributed by atoms with Crippen LogP contribution in [-0.2, 0) is 13.9 Å². The van der Waals surface area contributed by atoms with E-state index in [1.807, 2.05) is 18.2 Å². The third kappa shape index (κ3) is 4.34. The molecule has 0 radical (unpaired) electrons. The predicted octanol–water partition coefficient (Wildman–Crippen LogP) is 6.20. The zero-order valence-corrected chi connectivity index (χ0v) is 23.4.